The molecule has 0 aromatic carbocycles. The number of phosphoric acid groups is 4. The van der Waals surface area contributed by atoms with Gasteiger partial charge >= 0.3 is 69.2 Å². The molecule has 6 saturated heterocycles. The van der Waals surface area contributed by atoms with Gasteiger partial charge in [-0.2, -0.15) is 19.9 Å². The second-order valence-corrected chi connectivity index (χ2v) is 38.6. The maximum absolute atomic E-state index is 15.2. The van der Waals surface area contributed by atoms with Crippen LogP contribution in [-0.4, -0.2) is 283 Å². The van der Waals surface area contributed by atoms with Crippen molar-refractivity contribution in [1.82, 2.24) is 77.2 Å². The molecule has 14 heterocycles. The maximum Gasteiger partial charge on any atom is 0.472 e. The quantitative estimate of drug-likeness (QED) is 0.0174. The highest BCUT2D eigenvalue weighted by atomic mass is 31.2. The van der Waals surface area contributed by atoms with Gasteiger partial charge in [-0.25, -0.2) is 47.4 Å². The minimum atomic E-state index is -6.53. The minimum absolute atomic E-state index is 0.0571. The smallest absolute Gasteiger partial charge is 0.390 e. The first-order valence-corrected chi connectivity index (χ1v) is 45.6. The molecule has 63 nitrogen and oxygen atoms in total. The van der Waals surface area contributed by atoms with Gasteiger partial charge in [-0.05, 0) is 26.0 Å². The fraction of sp³-hybridized carbons (Fsp3) is 0.552. The number of nitrogens with zero attached hydrogens (tertiary/aromatic N) is 12. The summed E-state index contributed by atoms with van der Waals surface area (Å²) in [6, 6.07) is 1.93. The number of nitrogen functional groups attached to an aromatic ring is 4. The topological polar surface area (TPSA) is 935 Å². The van der Waals surface area contributed by atoms with E-state index in [0.29, 0.717) is 24.6 Å². The molecule has 0 radical (unpaired) electrons. The van der Waals surface area contributed by atoms with Crippen LogP contribution in [0.2, 0.25) is 0 Å². The second-order valence-electron chi connectivity index (χ2n) is 29.0. The number of hydrogen-bond acceptors (Lipinski definition) is 46. The lowest BCUT2D eigenvalue weighted by Crippen LogP contribution is -2.50. The number of aryl methyl sites for hydroxylation is 2. The van der Waals surface area contributed by atoms with E-state index in [1.807, 2.05) is 4.98 Å². The van der Waals surface area contributed by atoms with Crippen LogP contribution >= 0.6 is 46.5 Å². The Morgan fingerprint density at radius 3 is 1.30 bits per heavy atom. The molecule has 26 N–H and O–H groups in total. The molecule has 69 heteroatoms. The molecule has 6 aliphatic rings. The van der Waals surface area contributed by atoms with Gasteiger partial charge in [0.2, 0.25) is 17.2 Å². The summed E-state index contributed by atoms with van der Waals surface area (Å²) in [5.74, 6) is -2.02. The molecule has 127 heavy (non-hydrogen) atoms. The number of H-pyrrole nitrogens is 4. The van der Waals surface area contributed by atoms with E-state index in [1.54, 1.807) is 0 Å². The fourth-order valence-corrected chi connectivity index (χ4v) is 20.6. The van der Waals surface area contributed by atoms with Gasteiger partial charge < -0.3 is 130 Å². The number of hydrogen-bond donors (Lipinski definition) is 22. The Labute approximate surface area is 700 Å². The molecule has 6 aliphatic heterocycles. The van der Waals surface area contributed by atoms with E-state index in [-0.39, 0.29) is 17.5 Å². The first-order chi connectivity index (χ1) is 59.3. The van der Waals surface area contributed by atoms with Crippen LogP contribution in [0, 0.1) is 13.8 Å². The molecule has 0 saturated carbocycles. The van der Waals surface area contributed by atoms with Crippen LogP contribution < -0.4 is 67.9 Å². The monoisotopic (exact) mass is 1930 g/mol. The minimum Gasteiger partial charge on any atom is -0.390 e. The Morgan fingerprint density at radius 1 is 0.457 bits per heavy atom. The van der Waals surface area contributed by atoms with Gasteiger partial charge in [0.15, 0.2) is 52.6 Å². The Kier molecular flexibility index (Phi) is 26.1. The molecule has 0 spiro atoms. The number of nitrogens with two attached hydrogens (primary N) is 4. The number of aromatic amines is 4. The van der Waals surface area contributed by atoms with Gasteiger partial charge in [0.25, 0.3) is 22.2 Å². The number of aromatic nitrogens is 16. The van der Waals surface area contributed by atoms with Crippen molar-refractivity contribution in [2.75, 3.05) is 62.6 Å². The highest BCUT2D eigenvalue weighted by molar-refractivity contribution is 7.55. The molecule has 27 atom stereocenters. The lowest BCUT2D eigenvalue weighted by atomic mass is 10.1. The summed E-state index contributed by atoms with van der Waals surface area (Å²) in [5.41, 5.74) is 12.3. The first-order valence-electron chi connectivity index (χ1n) is 36.5. The van der Waals surface area contributed by atoms with Gasteiger partial charge in [0.1, 0.15) is 103 Å². The number of nitrogens with one attached hydrogen (secondary N) is 4. The molecule has 0 amide bonds. The number of fused-ring (bicyclic) bond motifs is 2. The average molecular weight is 1930 g/mol. The van der Waals surface area contributed by atoms with E-state index in [0.717, 1.165) is 52.4 Å². The SMILES string of the molecule is Cc1cn([C@H]2C[C@H](O)[C@@H](COP(=O)(O)O[C@H]3[C@@H](O)[C@H](n4cnc5c(=O)[nH]c(N)nc54)O[C@@H]3COP(=O)(O)O[C@H]3[C@@H](O)[C@H](n4ccc(N)nc4=O)O[C@@H]3COP(=O)(O)O[C@H]3[C@@H](O)[C@H](n4ccc(N)nc4=O)O[C@@H]3COP(=O)(O)[C@@]3(O)[C@@H](COP(=O)(O)[C@]4(O)C[C@H](n5cc(C)c(=O)[nH]c5=O)O[C@@H]4COP(=O)(O)O)O[C@@H](n4cnc5c(=O)[nH]c(N)nc54)[C@@H]3O)O2)c(=O)[nH]c1=O. The number of phosphoric ester groups is 4. The van der Waals surface area contributed by atoms with Crippen molar-refractivity contribution in [3.63, 3.8) is 0 Å². The summed E-state index contributed by atoms with van der Waals surface area (Å²) in [7, 11) is -36.1. The van der Waals surface area contributed by atoms with Gasteiger partial charge in [0.05, 0.1) is 58.4 Å². The summed E-state index contributed by atoms with van der Waals surface area (Å²) in [4.78, 5) is 211. The van der Waals surface area contributed by atoms with Gasteiger partial charge in [-0.1, -0.05) is 0 Å². The van der Waals surface area contributed by atoms with Crippen molar-refractivity contribution < 1.29 is 167 Å². The lowest BCUT2D eigenvalue weighted by molar-refractivity contribution is -0.0767. The lowest BCUT2D eigenvalue weighted by Gasteiger charge is -2.36. The van der Waals surface area contributed by atoms with Crippen molar-refractivity contribution in [1.29, 1.82) is 0 Å². The molecule has 0 aliphatic carbocycles. The number of anilines is 4. The van der Waals surface area contributed by atoms with Crippen molar-refractivity contribution in [3.05, 3.63) is 144 Å². The zero-order valence-electron chi connectivity index (χ0n) is 64.3. The summed E-state index contributed by atoms with van der Waals surface area (Å²) in [6.45, 7) is -6.44. The highest BCUT2D eigenvalue weighted by Crippen LogP contribution is 2.67. The van der Waals surface area contributed by atoms with Crippen LogP contribution in [0.5, 0.6) is 0 Å². The van der Waals surface area contributed by atoms with E-state index in [4.69, 9.17) is 87.5 Å². The Balaban J connectivity index is 0.718. The molecule has 6 fully saturated rings. The third-order valence-electron chi connectivity index (χ3n) is 20.7. The van der Waals surface area contributed by atoms with Crippen molar-refractivity contribution >= 4 is 92.3 Å². The van der Waals surface area contributed by atoms with Crippen LogP contribution in [0.25, 0.3) is 22.3 Å². The molecular weight excluding hydrogens is 1850 g/mol. The van der Waals surface area contributed by atoms with E-state index >= 15 is 4.57 Å². The predicted molar refractivity (Wildman–Crippen MR) is 407 cm³/mol. The Hall–Kier alpha value is -8.76. The molecule has 5 unspecified atom stereocenters. The predicted octanol–water partition coefficient (Wildman–Crippen LogP) is -8.82. The standard InChI is InChI=1S/C58H76N20O43P6/c1-19-9-75(55(90)71-43(19)84)30-7-21(79)22(113-30)11-110-125(101,102)121-39-25(116-49(36(39)82)77-17-63-32-41(77)67-51(61)69-45(32)86)14-112-127(105,106)120-38-24(115-48(35(38)81)74-6-4-29(60)66-54(74)89)13-111-126(103,104)119-37-23(114-47(34(37)80)73-5-3-28(59)65-53(73)88)12-107-123(96,97)58(93)27(118-50(40(58)83)78-18-64-33-42(78)68-52(62)70-46(33)87)16-108-122(94,95)57(92)8-31(117-26(57)15-109-124(98,99)100)76-10-20(2)44(85)72-56(76)91/h3-6,9-10,17-18,21-27,30-31,34-40,47-50,79-83,92-93H,7-8,11-16H2,1-2H3,(H,94,95)(H,96,97)(H,101,102)(H,103,104)(H,105,106)(H2,59,65,88)(H2,60,66,89)(H,71,84,90)(H,72,85,91)(H2,98,99,100)(H3,61,67,69,86)(H3,62,68,70,87)/t21-,22+,23+,24+,25+,26+,27+,30+,31+,34+,35+,36+,37+,38+,39+,40-,47+,48+,49+,50+,57+,58-/m0/s1. The maximum atomic E-state index is 15.2. The fourth-order valence-electron chi connectivity index (χ4n) is 14.4. The van der Waals surface area contributed by atoms with Crippen LogP contribution in [0.1, 0.15) is 61.3 Å². The molecule has 0 bridgehead atoms. The van der Waals surface area contributed by atoms with Gasteiger partial charge in [-0.3, -0.25) is 107 Å². The largest absolute Gasteiger partial charge is 0.472 e. The Morgan fingerprint density at radius 2 is 0.858 bits per heavy atom. The van der Waals surface area contributed by atoms with E-state index in [1.165, 1.54) is 13.8 Å². The van der Waals surface area contributed by atoms with Crippen LogP contribution in [0.4, 0.5) is 23.5 Å². The molecular formula is C58H76N20O43P6. The van der Waals surface area contributed by atoms with Crippen molar-refractivity contribution in [3.8, 4) is 0 Å². The summed E-state index contributed by atoms with van der Waals surface area (Å²) in [6.07, 6.45) is -41.0. The molecule has 14 rings (SSSR count). The van der Waals surface area contributed by atoms with E-state index < -0.39 is 317 Å². The molecule has 696 valence electrons. The zero-order chi connectivity index (χ0) is 92.4. The highest BCUT2D eigenvalue weighted by Gasteiger charge is 2.70. The molecule has 8 aromatic heterocycles. The van der Waals surface area contributed by atoms with Crippen LogP contribution in [0.15, 0.2) is 87.9 Å². The number of aliphatic hydroxyl groups excluding tert-OH is 5. The molecule has 8 aromatic rings. The first kappa shape index (κ1) is 94.4. The number of ether oxygens (including phenoxy) is 6. The third-order valence-corrected chi connectivity index (χ3v) is 28.0. The Bertz CT molecular complexity index is 6400. The van der Waals surface area contributed by atoms with Crippen LogP contribution in [-0.2, 0) is 96.5 Å². The second kappa shape index (κ2) is 35.2. The van der Waals surface area contributed by atoms with E-state index in [2.05, 4.69) is 49.4 Å². The van der Waals surface area contributed by atoms with Crippen molar-refractivity contribution in [2.45, 2.75) is 160 Å². The van der Waals surface area contributed by atoms with E-state index in [9.17, 15) is 131 Å². The number of aliphatic hydroxyl groups is 7. The number of imidazole rings is 2. The summed E-state index contributed by atoms with van der Waals surface area (Å²) >= 11 is 0. The average Bonchev–Trinajstić information content (AvgIpc) is 1.56. The normalized spacial score (nSPS) is 32.3. The van der Waals surface area contributed by atoms with Gasteiger partial charge in [0, 0.05) is 48.8 Å². The summed E-state index contributed by atoms with van der Waals surface area (Å²) < 4.78 is 170. The van der Waals surface area contributed by atoms with Crippen LogP contribution in [0.3, 0.4) is 0 Å². The third kappa shape index (κ3) is 18.9. The van der Waals surface area contributed by atoms with Gasteiger partial charge in [-0.15, -0.1) is 0 Å². The van der Waals surface area contributed by atoms with Crippen molar-refractivity contribution in [2.24, 2.45) is 0 Å². The number of rotatable bonds is 32. The summed E-state index contributed by atoms with van der Waals surface area (Å²) in [5, 5.41) is 76.2. The zero-order valence-corrected chi connectivity index (χ0v) is 69.6.